The summed E-state index contributed by atoms with van der Waals surface area (Å²) in [4.78, 5) is 0. The third kappa shape index (κ3) is 2.61. The molecule has 0 spiro atoms. The van der Waals surface area contributed by atoms with E-state index >= 15 is 0 Å². The molecule has 1 aliphatic carbocycles. The molecular formula is C13H20OS. The van der Waals surface area contributed by atoms with E-state index in [0.29, 0.717) is 0 Å². The molecule has 1 aromatic rings. The molecule has 1 saturated carbocycles. The summed E-state index contributed by atoms with van der Waals surface area (Å²) >= 11 is 1.72. The molecule has 2 rings (SSSR count). The lowest BCUT2D eigenvalue weighted by molar-refractivity contribution is 0.0105. The van der Waals surface area contributed by atoms with Crippen LogP contribution in [0.4, 0.5) is 0 Å². The van der Waals surface area contributed by atoms with E-state index < -0.39 is 0 Å². The standard InChI is InChI=1S/C13H20OS/c1-13(6-3-2-4-7-13)12(14)9-11-5-8-15-10-11/h5,8,10,12,14H,2-4,6-7,9H2,1H3. The van der Waals surface area contributed by atoms with Gasteiger partial charge in [-0.1, -0.05) is 26.2 Å². The molecule has 1 heterocycles. The molecule has 0 saturated heterocycles. The molecule has 0 radical (unpaired) electrons. The number of aliphatic hydroxyl groups excluding tert-OH is 1. The molecule has 15 heavy (non-hydrogen) atoms. The maximum absolute atomic E-state index is 10.3. The first-order valence-corrected chi connectivity index (χ1v) is 6.84. The van der Waals surface area contributed by atoms with Gasteiger partial charge in [0.15, 0.2) is 0 Å². The molecule has 1 nitrogen and oxygen atoms in total. The molecule has 1 aliphatic rings. The van der Waals surface area contributed by atoms with Crippen LogP contribution >= 0.6 is 11.3 Å². The number of hydrogen-bond acceptors (Lipinski definition) is 2. The van der Waals surface area contributed by atoms with E-state index in [2.05, 4.69) is 23.8 Å². The monoisotopic (exact) mass is 224 g/mol. The minimum atomic E-state index is -0.160. The Morgan fingerprint density at radius 3 is 2.73 bits per heavy atom. The van der Waals surface area contributed by atoms with E-state index in [1.54, 1.807) is 11.3 Å². The van der Waals surface area contributed by atoms with Gasteiger partial charge in [-0.2, -0.15) is 11.3 Å². The fraction of sp³-hybridized carbons (Fsp3) is 0.692. The van der Waals surface area contributed by atoms with Crippen molar-refractivity contribution >= 4 is 11.3 Å². The molecule has 2 heteroatoms. The van der Waals surface area contributed by atoms with Gasteiger partial charge in [0, 0.05) is 0 Å². The SMILES string of the molecule is CC1(C(O)Cc2ccsc2)CCCCC1. The van der Waals surface area contributed by atoms with Crippen molar-refractivity contribution in [2.75, 3.05) is 0 Å². The minimum Gasteiger partial charge on any atom is -0.392 e. The van der Waals surface area contributed by atoms with Crippen molar-refractivity contribution in [2.24, 2.45) is 5.41 Å². The maximum atomic E-state index is 10.3. The Morgan fingerprint density at radius 1 is 1.40 bits per heavy atom. The van der Waals surface area contributed by atoms with E-state index in [1.165, 1.54) is 37.7 Å². The van der Waals surface area contributed by atoms with Gasteiger partial charge >= 0.3 is 0 Å². The summed E-state index contributed by atoms with van der Waals surface area (Å²) in [7, 11) is 0. The Morgan fingerprint density at radius 2 is 2.13 bits per heavy atom. The van der Waals surface area contributed by atoms with Crippen LogP contribution in [0.2, 0.25) is 0 Å². The Kier molecular flexibility index (Phi) is 3.47. The normalized spacial score (nSPS) is 22.5. The molecule has 0 bridgehead atoms. The quantitative estimate of drug-likeness (QED) is 0.831. The van der Waals surface area contributed by atoms with Gasteiger partial charge in [-0.3, -0.25) is 0 Å². The molecule has 1 N–H and O–H groups in total. The maximum Gasteiger partial charge on any atom is 0.0634 e. The summed E-state index contributed by atoms with van der Waals surface area (Å²) in [6.07, 6.45) is 6.98. The van der Waals surface area contributed by atoms with Crippen molar-refractivity contribution in [3.63, 3.8) is 0 Å². The van der Waals surface area contributed by atoms with Crippen molar-refractivity contribution < 1.29 is 5.11 Å². The molecule has 1 fully saturated rings. The molecule has 1 atom stereocenters. The first-order chi connectivity index (χ1) is 7.21. The Bertz CT molecular complexity index is 285. The van der Waals surface area contributed by atoms with Gasteiger partial charge in [-0.25, -0.2) is 0 Å². The number of aliphatic hydroxyl groups is 1. The lowest BCUT2D eigenvalue weighted by Crippen LogP contribution is -2.35. The largest absolute Gasteiger partial charge is 0.392 e. The van der Waals surface area contributed by atoms with Crippen LogP contribution < -0.4 is 0 Å². The van der Waals surface area contributed by atoms with E-state index in [-0.39, 0.29) is 11.5 Å². The van der Waals surface area contributed by atoms with Crippen molar-refractivity contribution in [1.82, 2.24) is 0 Å². The Balaban J connectivity index is 1.97. The van der Waals surface area contributed by atoms with Crippen molar-refractivity contribution in [1.29, 1.82) is 0 Å². The van der Waals surface area contributed by atoms with Gasteiger partial charge in [0.1, 0.15) is 0 Å². The third-order valence-corrected chi connectivity index (χ3v) is 4.54. The Hall–Kier alpha value is -0.340. The van der Waals surface area contributed by atoms with Crippen LogP contribution in [0.1, 0.15) is 44.6 Å². The van der Waals surface area contributed by atoms with Crippen LogP contribution in [-0.4, -0.2) is 11.2 Å². The second-order valence-corrected chi connectivity index (χ2v) is 5.85. The first kappa shape index (κ1) is 11.2. The topological polar surface area (TPSA) is 20.2 Å². The lowest BCUT2D eigenvalue weighted by Gasteiger charge is -2.38. The highest BCUT2D eigenvalue weighted by Gasteiger charge is 2.34. The van der Waals surface area contributed by atoms with Crippen LogP contribution in [0, 0.1) is 5.41 Å². The zero-order valence-electron chi connectivity index (χ0n) is 9.41. The predicted molar refractivity (Wildman–Crippen MR) is 65.2 cm³/mol. The molecular weight excluding hydrogens is 204 g/mol. The molecule has 0 aliphatic heterocycles. The van der Waals surface area contributed by atoms with Crippen LogP contribution in [0.25, 0.3) is 0 Å². The van der Waals surface area contributed by atoms with E-state index in [1.807, 2.05) is 0 Å². The molecule has 0 amide bonds. The summed E-state index contributed by atoms with van der Waals surface area (Å²) in [5, 5.41) is 14.5. The summed E-state index contributed by atoms with van der Waals surface area (Å²) in [5.41, 5.74) is 1.46. The summed E-state index contributed by atoms with van der Waals surface area (Å²) in [6.45, 7) is 2.25. The average molecular weight is 224 g/mol. The number of thiophene rings is 1. The fourth-order valence-corrected chi connectivity index (χ4v) is 3.25. The van der Waals surface area contributed by atoms with Crippen LogP contribution in [0.15, 0.2) is 16.8 Å². The summed E-state index contributed by atoms with van der Waals surface area (Å²) in [6, 6.07) is 2.13. The van der Waals surface area contributed by atoms with Crippen LogP contribution in [0.5, 0.6) is 0 Å². The first-order valence-electron chi connectivity index (χ1n) is 5.90. The lowest BCUT2D eigenvalue weighted by atomic mass is 9.70. The van der Waals surface area contributed by atoms with E-state index in [9.17, 15) is 5.11 Å². The highest BCUT2D eigenvalue weighted by Crippen LogP contribution is 2.39. The zero-order valence-corrected chi connectivity index (χ0v) is 10.2. The molecule has 0 aromatic carbocycles. The fourth-order valence-electron chi connectivity index (χ4n) is 2.57. The van der Waals surface area contributed by atoms with Gasteiger partial charge in [-0.05, 0) is 47.1 Å². The minimum absolute atomic E-state index is 0.160. The highest BCUT2D eigenvalue weighted by molar-refractivity contribution is 7.07. The van der Waals surface area contributed by atoms with Crippen molar-refractivity contribution in [3.05, 3.63) is 22.4 Å². The summed E-state index contributed by atoms with van der Waals surface area (Å²) < 4.78 is 0. The molecule has 1 aromatic heterocycles. The van der Waals surface area contributed by atoms with Crippen LogP contribution in [-0.2, 0) is 6.42 Å². The number of hydrogen-bond donors (Lipinski definition) is 1. The van der Waals surface area contributed by atoms with Crippen molar-refractivity contribution in [3.8, 4) is 0 Å². The van der Waals surface area contributed by atoms with Gasteiger partial charge in [0.25, 0.3) is 0 Å². The van der Waals surface area contributed by atoms with Gasteiger partial charge < -0.3 is 5.11 Å². The van der Waals surface area contributed by atoms with E-state index in [4.69, 9.17) is 0 Å². The average Bonchev–Trinajstić information content (AvgIpc) is 2.71. The molecule has 1 unspecified atom stereocenters. The third-order valence-electron chi connectivity index (χ3n) is 3.81. The number of rotatable bonds is 3. The van der Waals surface area contributed by atoms with Gasteiger partial charge in [0.2, 0.25) is 0 Å². The van der Waals surface area contributed by atoms with E-state index in [0.717, 1.165) is 6.42 Å². The molecule has 84 valence electrons. The smallest absolute Gasteiger partial charge is 0.0634 e. The van der Waals surface area contributed by atoms with Crippen LogP contribution in [0.3, 0.4) is 0 Å². The van der Waals surface area contributed by atoms with Gasteiger partial charge in [0.05, 0.1) is 6.10 Å². The second kappa shape index (κ2) is 4.67. The van der Waals surface area contributed by atoms with Crippen molar-refractivity contribution in [2.45, 2.75) is 51.6 Å². The zero-order chi connectivity index (χ0) is 10.7. The summed E-state index contributed by atoms with van der Waals surface area (Å²) in [5.74, 6) is 0. The Labute approximate surface area is 96.1 Å². The predicted octanol–water partition coefficient (Wildman–Crippen LogP) is 3.62. The second-order valence-electron chi connectivity index (χ2n) is 5.07. The highest BCUT2D eigenvalue weighted by atomic mass is 32.1. The van der Waals surface area contributed by atoms with Gasteiger partial charge in [-0.15, -0.1) is 0 Å².